The third kappa shape index (κ3) is 3.24. The first-order valence-electron chi connectivity index (χ1n) is 7.19. The van der Waals surface area contributed by atoms with Gasteiger partial charge in [-0.2, -0.15) is 0 Å². The Balaban J connectivity index is 2.04. The minimum Gasteiger partial charge on any atom is -0.397 e. The van der Waals surface area contributed by atoms with Crippen LogP contribution in [0.15, 0.2) is 6.07 Å². The molecule has 3 N–H and O–H groups in total. The van der Waals surface area contributed by atoms with E-state index < -0.39 is 0 Å². The standard InChI is InChI=1S/C14H24N4OS/c1-4-16-14(19)13-11(15)9-12(20-13)18-7-5-17(6-8-18)10(2)3/h9-10H,4-8,15H2,1-3H3,(H,16,19). The van der Waals surface area contributed by atoms with Crippen molar-refractivity contribution in [2.45, 2.75) is 26.8 Å². The number of hydrogen-bond donors (Lipinski definition) is 2. The monoisotopic (exact) mass is 296 g/mol. The summed E-state index contributed by atoms with van der Waals surface area (Å²) in [4.78, 5) is 17.3. The van der Waals surface area contributed by atoms with Crippen molar-refractivity contribution in [3.05, 3.63) is 10.9 Å². The van der Waals surface area contributed by atoms with Crippen LogP contribution in [-0.2, 0) is 0 Å². The molecule has 1 aromatic rings. The minimum absolute atomic E-state index is 0.0675. The van der Waals surface area contributed by atoms with Crippen LogP contribution in [0.1, 0.15) is 30.4 Å². The molecule has 0 aromatic carbocycles. The van der Waals surface area contributed by atoms with Gasteiger partial charge in [-0.1, -0.05) is 0 Å². The van der Waals surface area contributed by atoms with Gasteiger partial charge in [-0.15, -0.1) is 11.3 Å². The highest BCUT2D eigenvalue weighted by molar-refractivity contribution is 7.18. The normalized spacial score (nSPS) is 16.7. The van der Waals surface area contributed by atoms with E-state index in [1.54, 1.807) is 0 Å². The Morgan fingerprint density at radius 3 is 2.60 bits per heavy atom. The fourth-order valence-electron chi connectivity index (χ4n) is 2.42. The highest BCUT2D eigenvalue weighted by Gasteiger charge is 2.22. The number of nitrogens with zero attached hydrogens (tertiary/aromatic N) is 2. The predicted octanol–water partition coefficient (Wildman–Crippen LogP) is 1.61. The number of nitrogen functional groups attached to an aromatic ring is 1. The SMILES string of the molecule is CCNC(=O)c1sc(N2CCN(C(C)C)CC2)cc1N. The molecule has 0 unspecified atom stereocenters. The Morgan fingerprint density at radius 1 is 1.40 bits per heavy atom. The smallest absolute Gasteiger partial charge is 0.263 e. The lowest BCUT2D eigenvalue weighted by atomic mass is 10.2. The van der Waals surface area contributed by atoms with Gasteiger partial charge in [-0.25, -0.2) is 0 Å². The van der Waals surface area contributed by atoms with Gasteiger partial charge in [0.05, 0.1) is 10.7 Å². The lowest BCUT2D eigenvalue weighted by molar-refractivity contribution is 0.0960. The third-order valence-electron chi connectivity index (χ3n) is 3.65. The van der Waals surface area contributed by atoms with Crippen LogP contribution < -0.4 is 16.0 Å². The summed E-state index contributed by atoms with van der Waals surface area (Å²) in [7, 11) is 0. The van der Waals surface area contributed by atoms with Gasteiger partial charge in [0.2, 0.25) is 0 Å². The number of amides is 1. The number of rotatable bonds is 4. The predicted molar refractivity (Wildman–Crippen MR) is 85.7 cm³/mol. The van der Waals surface area contributed by atoms with Crippen LogP contribution in [0.3, 0.4) is 0 Å². The van der Waals surface area contributed by atoms with E-state index >= 15 is 0 Å². The highest BCUT2D eigenvalue weighted by atomic mass is 32.1. The largest absolute Gasteiger partial charge is 0.397 e. The number of hydrogen-bond acceptors (Lipinski definition) is 5. The molecule has 2 rings (SSSR count). The fraction of sp³-hybridized carbons (Fsp3) is 0.643. The van der Waals surface area contributed by atoms with Crippen molar-refractivity contribution in [3.63, 3.8) is 0 Å². The quantitative estimate of drug-likeness (QED) is 0.886. The van der Waals surface area contributed by atoms with Gasteiger partial charge in [0.1, 0.15) is 4.88 Å². The highest BCUT2D eigenvalue weighted by Crippen LogP contribution is 2.32. The van der Waals surface area contributed by atoms with E-state index in [0.717, 1.165) is 31.2 Å². The number of piperazine rings is 1. The van der Waals surface area contributed by atoms with Crippen LogP contribution in [0.4, 0.5) is 10.7 Å². The van der Waals surface area contributed by atoms with Gasteiger partial charge in [0.15, 0.2) is 0 Å². The van der Waals surface area contributed by atoms with Gasteiger partial charge in [-0.05, 0) is 26.8 Å². The lowest BCUT2D eigenvalue weighted by Crippen LogP contribution is -2.48. The topological polar surface area (TPSA) is 61.6 Å². The summed E-state index contributed by atoms with van der Waals surface area (Å²) in [5.41, 5.74) is 6.55. The first-order chi connectivity index (χ1) is 9.52. The second kappa shape index (κ2) is 6.45. The van der Waals surface area contributed by atoms with Crippen molar-refractivity contribution in [1.29, 1.82) is 0 Å². The van der Waals surface area contributed by atoms with Crippen LogP contribution >= 0.6 is 11.3 Å². The summed E-state index contributed by atoms with van der Waals surface area (Å²) in [6.45, 7) is 11.1. The van der Waals surface area contributed by atoms with Crippen LogP contribution in [0.25, 0.3) is 0 Å². The zero-order valence-corrected chi connectivity index (χ0v) is 13.3. The molecule has 0 aliphatic carbocycles. The Kier molecular flexibility index (Phi) is 4.88. The van der Waals surface area contributed by atoms with Crippen molar-refractivity contribution in [3.8, 4) is 0 Å². The van der Waals surface area contributed by atoms with Crippen molar-refractivity contribution < 1.29 is 4.79 Å². The summed E-state index contributed by atoms with van der Waals surface area (Å²) in [6.07, 6.45) is 0. The Morgan fingerprint density at radius 2 is 2.05 bits per heavy atom. The van der Waals surface area contributed by atoms with Gasteiger partial charge in [0, 0.05) is 38.8 Å². The summed E-state index contributed by atoms with van der Waals surface area (Å²) in [5, 5.41) is 3.91. The third-order valence-corrected chi connectivity index (χ3v) is 4.86. The molecule has 1 fully saturated rings. The molecule has 112 valence electrons. The zero-order valence-electron chi connectivity index (χ0n) is 12.5. The van der Waals surface area contributed by atoms with E-state index in [0.29, 0.717) is 23.2 Å². The molecule has 1 amide bonds. The van der Waals surface area contributed by atoms with Gasteiger partial charge in [-0.3, -0.25) is 9.69 Å². The molecule has 5 nitrogen and oxygen atoms in total. The summed E-state index contributed by atoms with van der Waals surface area (Å²) in [6, 6.07) is 2.52. The van der Waals surface area contributed by atoms with Gasteiger partial charge >= 0.3 is 0 Å². The van der Waals surface area contributed by atoms with Crippen molar-refractivity contribution in [2.75, 3.05) is 43.4 Å². The fourth-order valence-corrected chi connectivity index (χ4v) is 3.47. The van der Waals surface area contributed by atoms with E-state index in [1.165, 1.54) is 11.3 Å². The van der Waals surface area contributed by atoms with Crippen LogP contribution in [0.2, 0.25) is 0 Å². The van der Waals surface area contributed by atoms with E-state index in [-0.39, 0.29) is 5.91 Å². The molecule has 0 saturated carbocycles. The summed E-state index contributed by atoms with van der Waals surface area (Å²) < 4.78 is 0. The number of carbonyl (C=O) groups excluding carboxylic acids is 1. The first kappa shape index (κ1) is 15.1. The molecule has 0 spiro atoms. The molecule has 0 atom stereocenters. The average molecular weight is 296 g/mol. The summed E-state index contributed by atoms with van der Waals surface area (Å²) >= 11 is 1.49. The molecule has 20 heavy (non-hydrogen) atoms. The summed E-state index contributed by atoms with van der Waals surface area (Å²) in [5.74, 6) is -0.0675. The first-order valence-corrected chi connectivity index (χ1v) is 8.01. The van der Waals surface area contributed by atoms with Crippen molar-refractivity contribution >= 4 is 27.9 Å². The molecular formula is C14H24N4OS. The molecule has 1 aromatic heterocycles. The molecule has 2 heterocycles. The Bertz CT molecular complexity index is 464. The molecule has 1 aliphatic heterocycles. The number of nitrogens with two attached hydrogens (primary N) is 1. The van der Waals surface area contributed by atoms with E-state index in [2.05, 4.69) is 29.0 Å². The van der Waals surface area contributed by atoms with Crippen molar-refractivity contribution in [2.24, 2.45) is 0 Å². The van der Waals surface area contributed by atoms with E-state index in [4.69, 9.17) is 5.73 Å². The minimum atomic E-state index is -0.0675. The average Bonchev–Trinajstić information content (AvgIpc) is 2.81. The van der Waals surface area contributed by atoms with Gasteiger partial charge in [0.25, 0.3) is 5.91 Å². The molecule has 6 heteroatoms. The van der Waals surface area contributed by atoms with E-state index in [1.807, 2.05) is 13.0 Å². The number of nitrogens with one attached hydrogen (secondary N) is 1. The van der Waals surface area contributed by atoms with Crippen molar-refractivity contribution in [1.82, 2.24) is 10.2 Å². The van der Waals surface area contributed by atoms with Crippen LogP contribution in [0.5, 0.6) is 0 Å². The number of carbonyl (C=O) groups is 1. The van der Waals surface area contributed by atoms with Crippen LogP contribution in [-0.4, -0.2) is 49.6 Å². The van der Waals surface area contributed by atoms with Crippen LogP contribution in [0, 0.1) is 0 Å². The maximum Gasteiger partial charge on any atom is 0.263 e. The lowest BCUT2D eigenvalue weighted by Gasteiger charge is -2.37. The molecular weight excluding hydrogens is 272 g/mol. The molecule has 0 bridgehead atoms. The maximum absolute atomic E-state index is 11.9. The molecule has 1 aliphatic rings. The second-order valence-electron chi connectivity index (χ2n) is 5.35. The maximum atomic E-state index is 11.9. The Labute approximate surface area is 124 Å². The Hall–Kier alpha value is -1.27. The molecule has 1 saturated heterocycles. The van der Waals surface area contributed by atoms with E-state index in [9.17, 15) is 4.79 Å². The van der Waals surface area contributed by atoms with Gasteiger partial charge < -0.3 is 16.0 Å². The number of anilines is 2. The second-order valence-corrected chi connectivity index (χ2v) is 6.38. The molecule has 0 radical (unpaired) electrons. The zero-order chi connectivity index (χ0) is 14.7. The number of thiophene rings is 1.